The molecule has 0 aliphatic carbocycles. The Labute approximate surface area is 271 Å². The number of benzene rings is 4. The number of rotatable bonds is 14. The number of hydrogen-bond donors (Lipinski definition) is 3. The summed E-state index contributed by atoms with van der Waals surface area (Å²) in [6.45, 7) is 0.753. The molecular weight excluding hydrogens is 638 g/mol. The highest BCUT2D eigenvalue weighted by Gasteiger charge is 2.53. The number of carbonyl (C=O) groups excluding carboxylic acids is 1. The first-order valence-electron chi connectivity index (χ1n) is 14.6. The van der Waals surface area contributed by atoms with Gasteiger partial charge in [-0.05, 0) is 47.5 Å². The topological polar surface area (TPSA) is 111 Å². The maximum absolute atomic E-state index is 14.4. The van der Waals surface area contributed by atoms with E-state index >= 15 is 0 Å². The molecule has 0 fully saturated rings. The highest BCUT2D eigenvalue weighted by Crippen LogP contribution is 2.43. The van der Waals surface area contributed by atoms with Gasteiger partial charge in [0.1, 0.15) is 5.75 Å². The Bertz CT molecular complexity index is 1620. The molecule has 4 aromatic carbocycles. The summed E-state index contributed by atoms with van der Waals surface area (Å²) in [6.07, 6.45) is 0.0757. The van der Waals surface area contributed by atoms with Gasteiger partial charge in [-0.25, -0.2) is 10.4 Å². The van der Waals surface area contributed by atoms with E-state index in [1.807, 2.05) is 97.1 Å². The van der Waals surface area contributed by atoms with Crippen molar-refractivity contribution in [2.45, 2.75) is 31.0 Å². The number of carbonyl (C=O) groups is 1. The largest absolute Gasteiger partial charge is 0.494 e. The molecule has 0 radical (unpaired) electrons. The van der Waals surface area contributed by atoms with Gasteiger partial charge in [-0.2, -0.15) is 0 Å². The van der Waals surface area contributed by atoms with E-state index in [-0.39, 0.29) is 25.5 Å². The van der Waals surface area contributed by atoms with Crippen LogP contribution in [0.15, 0.2) is 107 Å². The predicted molar refractivity (Wildman–Crippen MR) is 176 cm³/mol. The molecule has 0 saturated carbocycles. The lowest BCUT2D eigenvalue weighted by Gasteiger charge is -2.31. The van der Waals surface area contributed by atoms with Gasteiger partial charge in [0.25, 0.3) is 5.91 Å². The molecule has 0 spiro atoms. The summed E-state index contributed by atoms with van der Waals surface area (Å²) in [7, 11) is 3.16. The minimum Gasteiger partial charge on any atom is -0.494 e. The first kappa shape index (κ1) is 32.0. The van der Waals surface area contributed by atoms with Crippen LogP contribution in [0, 0.1) is 0 Å². The molecule has 1 aliphatic rings. The molecule has 45 heavy (non-hydrogen) atoms. The van der Waals surface area contributed by atoms with Gasteiger partial charge in [0.2, 0.25) is 5.90 Å². The van der Waals surface area contributed by atoms with Crippen LogP contribution >= 0.6 is 15.9 Å². The highest BCUT2D eigenvalue weighted by molar-refractivity contribution is 9.10. The second-order valence-corrected chi connectivity index (χ2v) is 11.3. The zero-order valence-electron chi connectivity index (χ0n) is 25.2. The molecule has 5 rings (SSSR count). The Morgan fingerprint density at radius 1 is 0.933 bits per heavy atom. The van der Waals surface area contributed by atoms with E-state index in [1.54, 1.807) is 14.2 Å². The Morgan fingerprint density at radius 2 is 1.67 bits per heavy atom. The molecule has 234 valence electrons. The second-order valence-electron chi connectivity index (χ2n) is 10.4. The van der Waals surface area contributed by atoms with Gasteiger partial charge in [-0.1, -0.05) is 76.6 Å². The Morgan fingerprint density at radius 3 is 2.38 bits per heavy atom. The number of hydrazine groups is 1. The van der Waals surface area contributed by atoms with Crippen LogP contribution in [0.2, 0.25) is 0 Å². The number of ether oxygens (including phenoxy) is 4. The molecule has 0 saturated heterocycles. The molecule has 1 aliphatic heterocycles. The standard InChI is InChI=1S/C35H36BrN3O6/c1-42-30-15-8-13-27(31(30)43-2)23-37-39-34(41)35(22-26-12-6-7-14-29(26)36)32(24-10-4-3-5-11-24)45-33(38-35)25-16-18-28(19-17-25)44-21-9-20-40/h3-8,10-19,32,37,40H,9,20-23H2,1-2H3,(H,39,41)/t32-,35-/m0/s1. The van der Waals surface area contributed by atoms with E-state index in [0.29, 0.717) is 41.7 Å². The zero-order valence-corrected chi connectivity index (χ0v) is 26.8. The summed E-state index contributed by atoms with van der Waals surface area (Å²) >= 11 is 3.67. The number of aliphatic imine (C=N–C) groups is 1. The summed E-state index contributed by atoms with van der Waals surface area (Å²) < 4.78 is 24.2. The van der Waals surface area contributed by atoms with E-state index in [0.717, 1.165) is 21.2 Å². The highest BCUT2D eigenvalue weighted by atomic mass is 79.9. The van der Waals surface area contributed by atoms with E-state index in [9.17, 15) is 4.79 Å². The van der Waals surface area contributed by atoms with E-state index in [2.05, 4.69) is 26.8 Å². The Kier molecular flexibility index (Phi) is 10.7. The summed E-state index contributed by atoms with van der Waals surface area (Å²) in [4.78, 5) is 19.5. The van der Waals surface area contributed by atoms with Crippen molar-refractivity contribution in [1.82, 2.24) is 10.9 Å². The molecule has 0 unspecified atom stereocenters. The van der Waals surface area contributed by atoms with Crippen molar-refractivity contribution in [3.8, 4) is 17.2 Å². The van der Waals surface area contributed by atoms with Crippen LogP contribution in [-0.2, 0) is 22.5 Å². The van der Waals surface area contributed by atoms with Gasteiger partial charge in [0, 0.05) is 41.6 Å². The Balaban J connectivity index is 1.50. The maximum atomic E-state index is 14.4. The van der Waals surface area contributed by atoms with Crippen LogP contribution in [0.25, 0.3) is 0 Å². The molecule has 2 atom stereocenters. The number of methoxy groups -OCH3 is 2. The van der Waals surface area contributed by atoms with Gasteiger partial charge in [-0.3, -0.25) is 10.2 Å². The monoisotopic (exact) mass is 673 g/mol. The van der Waals surface area contributed by atoms with Gasteiger partial charge >= 0.3 is 0 Å². The summed E-state index contributed by atoms with van der Waals surface area (Å²) in [6, 6.07) is 30.4. The molecular formula is C35H36BrN3O6. The van der Waals surface area contributed by atoms with Crippen molar-refractivity contribution in [3.05, 3.63) is 124 Å². The van der Waals surface area contributed by atoms with Crippen LogP contribution < -0.4 is 25.1 Å². The number of para-hydroxylation sites is 1. The molecule has 1 heterocycles. The van der Waals surface area contributed by atoms with E-state index in [4.69, 9.17) is 29.0 Å². The minimum absolute atomic E-state index is 0.0627. The average molecular weight is 675 g/mol. The lowest BCUT2D eigenvalue weighted by molar-refractivity contribution is -0.130. The summed E-state index contributed by atoms with van der Waals surface area (Å²) in [5.41, 5.74) is 7.88. The first-order valence-corrected chi connectivity index (χ1v) is 15.4. The summed E-state index contributed by atoms with van der Waals surface area (Å²) in [5.74, 6) is 1.84. The predicted octanol–water partition coefficient (Wildman–Crippen LogP) is 5.55. The molecule has 10 heteroatoms. The van der Waals surface area contributed by atoms with E-state index < -0.39 is 11.6 Å². The number of aliphatic hydroxyl groups is 1. The summed E-state index contributed by atoms with van der Waals surface area (Å²) in [5, 5.41) is 9.06. The van der Waals surface area contributed by atoms with Crippen molar-refractivity contribution < 1.29 is 28.8 Å². The fraction of sp³-hybridized carbons (Fsp3) is 0.257. The number of nitrogens with one attached hydrogen (secondary N) is 2. The normalized spacial score (nSPS) is 17.2. The van der Waals surface area contributed by atoms with Crippen LogP contribution in [0.5, 0.6) is 17.2 Å². The van der Waals surface area contributed by atoms with Crippen LogP contribution in [0.4, 0.5) is 0 Å². The molecule has 0 bridgehead atoms. The zero-order chi connectivity index (χ0) is 31.6. The fourth-order valence-corrected chi connectivity index (χ4v) is 5.69. The first-order chi connectivity index (χ1) is 22.0. The average Bonchev–Trinajstić information content (AvgIpc) is 3.47. The third-order valence-electron chi connectivity index (χ3n) is 7.52. The molecule has 1 amide bonds. The number of hydrogen-bond acceptors (Lipinski definition) is 8. The number of amides is 1. The minimum atomic E-state index is -1.37. The number of halogens is 1. The van der Waals surface area contributed by atoms with Crippen molar-refractivity contribution in [2.75, 3.05) is 27.4 Å². The van der Waals surface area contributed by atoms with Gasteiger partial charge in [-0.15, -0.1) is 0 Å². The third kappa shape index (κ3) is 7.30. The smallest absolute Gasteiger partial charge is 0.266 e. The van der Waals surface area contributed by atoms with Crippen molar-refractivity contribution in [3.63, 3.8) is 0 Å². The number of nitrogens with zero attached hydrogens (tertiary/aromatic N) is 1. The SMILES string of the molecule is COc1cccc(CNNC(=O)[C@@]2(Cc3ccccc3Br)N=C(c3ccc(OCCCO)cc3)O[C@H]2c2ccccc2)c1OC. The van der Waals surface area contributed by atoms with Crippen molar-refractivity contribution in [2.24, 2.45) is 4.99 Å². The third-order valence-corrected chi connectivity index (χ3v) is 8.29. The Hall–Kier alpha value is -4.38. The lowest BCUT2D eigenvalue weighted by Crippen LogP contribution is -2.53. The fourth-order valence-electron chi connectivity index (χ4n) is 5.26. The molecule has 3 N–H and O–H groups in total. The van der Waals surface area contributed by atoms with Crippen LogP contribution in [0.1, 0.15) is 34.8 Å². The van der Waals surface area contributed by atoms with Gasteiger partial charge in [0.15, 0.2) is 23.1 Å². The molecule has 4 aromatic rings. The van der Waals surface area contributed by atoms with Crippen LogP contribution in [-0.4, -0.2) is 49.9 Å². The van der Waals surface area contributed by atoms with Crippen LogP contribution in [0.3, 0.4) is 0 Å². The maximum Gasteiger partial charge on any atom is 0.266 e. The number of aliphatic hydroxyl groups excluding tert-OH is 1. The second kappa shape index (κ2) is 15.1. The van der Waals surface area contributed by atoms with Crippen molar-refractivity contribution in [1.29, 1.82) is 0 Å². The van der Waals surface area contributed by atoms with Crippen molar-refractivity contribution >= 4 is 27.7 Å². The van der Waals surface area contributed by atoms with Gasteiger partial charge < -0.3 is 24.1 Å². The molecule has 9 nitrogen and oxygen atoms in total. The lowest BCUT2D eigenvalue weighted by atomic mass is 9.82. The van der Waals surface area contributed by atoms with E-state index in [1.165, 1.54) is 0 Å². The quantitative estimate of drug-likeness (QED) is 0.119. The molecule has 0 aromatic heterocycles. The van der Waals surface area contributed by atoms with Gasteiger partial charge in [0.05, 0.1) is 20.8 Å².